The fourth-order valence-electron chi connectivity index (χ4n) is 4.78. The zero-order valence-electron chi connectivity index (χ0n) is 18.5. The van der Waals surface area contributed by atoms with Gasteiger partial charge in [-0.1, -0.05) is 25.0 Å². The van der Waals surface area contributed by atoms with Gasteiger partial charge in [-0.2, -0.15) is 0 Å². The molecule has 6 nitrogen and oxygen atoms in total. The van der Waals surface area contributed by atoms with Crippen molar-refractivity contribution < 1.29 is 4.79 Å². The standard InChI is InChI=1S/C24H33N5OS/c1-17-9-8-10-18(2)28(17)15-6-3-7-16-29-19-11-4-5-12-20(19)31-22(24(29)30)23-26-14-13-21(25)27-23/h4-5,11-14,17-18,22H,3,6-10,15-16H2,1-2H3,(H2,25,26,27)/t17-,18+,22?. The van der Waals surface area contributed by atoms with Crippen LogP contribution in [0.4, 0.5) is 11.5 Å². The molecule has 31 heavy (non-hydrogen) atoms. The van der Waals surface area contributed by atoms with Crippen LogP contribution in [0.2, 0.25) is 0 Å². The van der Waals surface area contributed by atoms with Crippen LogP contribution in [0.15, 0.2) is 41.4 Å². The van der Waals surface area contributed by atoms with E-state index in [0.717, 1.165) is 36.5 Å². The van der Waals surface area contributed by atoms with Crippen molar-refractivity contribution >= 4 is 29.2 Å². The largest absolute Gasteiger partial charge is 0.384 e. The van der Waals surface area contributed by atoms with Crippen molar-refractivity contribution in [1.29, 1.82) is 0 Å². The summed E-state index contributed by atoms with van der Waals surface area (Å²) in [5.41, 5.74) is 6.84. The summed E-state index contributed by atoms with van der Waals surface area (Å²) in [6.07, 6.45) is 8.89. The number of nitrogens with zero attached hydrogens (tertiary/aromatic N) is 4. The molecule has 1 aromatic heterocycles. The van der Waals surface area contributed by atoms with Crippen LogP contribution in [0.1, 0.15) is 63.4 Å². The maximum atomic E-state index is 13.4. The van der Waals surface area contributed by atoms with Crippen LogP contribution in [0.5, 0.6) is 0 Å². The van der Waals surface area contributed by atoms with Crippen molar-refractivity contribution in [3.8, 4) is 0 Å². The molecule has 3 heterocycles. The number of fused-ring (bicyclic) bond motifs is 1. The Morgan fingerprint density at radius 2 is 1.81 bits per heavy atom. The van der Waals surface area contributed by atoms with E-state index in [1.165, 1.54) is 37.4 Å². The molecule has 7 heteroatoms. The number of unbranched alkanes of at least 4 members (excludes halogenated alkanes) is 2. The van der Waals surface area contributed by atoms with Crippen molar-refractivity contribution in [3.63, 3.8) is 0 Å². The molecule has 3 atom stereocenters. The number of likely N-dealkylation sites (tertiary alicyclic amines) is 1. The molecule has 0 bridgehead atoms. The van der Waals surface area contributed by atoms with E-state index in [9.17, 15) is 4.79 Å². The van der Waals surface area contributed by atoms with Crippen molar-refractivity contribution in [2.24, 2.45) is 0 Å². The second kappa shape index (κ2) is 10.0. The Bertz CT molecular complexity index is 897. The second-order valence-corrected chi connectivity index (χ2v) is 9.87. The minimum absolute atomic E-state index is 0.0487. The summed E-state index contributed by atoms with van der Waals surface area (Å²) < 4.78 is 0. The lowest BCUT2D eigenvalue weighted by Gasteiger charge is -2.39. The minimum atomic E-state index is -0.451. The van der Waals surface area contributed by atoms with Gasteiger partial charge in [0.15, 0.2) is 5.82 Å². The van der Waals surface area contributed by atoms with E-state index in [-0.39, 0.29) is 5.91 Å². The summed E-state index contributed by atoms with van der Waals surface area (Å²) in [5, 5.41) is -0.451. The van der Waals surface area contributed by atoms with E-state index in [1.54, 1.807) is 12.3 Å². The zero-order valence-corrected chi connectivity index (χ0v) is 19.4. The Hall–Kier alpha value is -2.12. The van der Waals surface area contributed by atoms with Crippen LogP contribution in [0.3, 0.4) is 0 Å². The normalized spacial score (nSPS) is 24.3. The first kappa shape index (κ1) is 22.1. The Morgan fingerprint density at radius 3 is 2.58 bits per heavy atom. The average molecular weight is 440 g/mol. The molecule has 0 saturated carbocycles. The molecular formula is C24H33N5OS. The number of rotatable bonds is 7. The third-order valence-corrected chi connectivity index (χ3v) is 7.74. The Labute approximate surface area is 189 Å². The molecule has 166 valence electrons. The first-order valence-electron chi connectivity index (χ1n) is 11.5. The van der Waals surface area contributed by atoms with Gasteiger partial charge < -0.3 is 10.6 Å². The van der Waals surface area contributed by atoms with E-state index in [0.29, 0.717) is 23.7 Å². The number of piperidine rings is 1. The predicted molar refractivity (Wildman–Crippen MR) is 127 cm³/mol. The Morgan fingerprint density at radius 1 is 1.06 bits per heavy atom. The molecule has 2 aliphatic heterocycles. The lowest BCUT2D eigenvalue weighted by atomic mass is 9.97. The number of benzene rings is 1. The van der Waals surface area contributed by atoms with E-state index in [2.05, 4.69) is 34.8 Å². The Balaban J connectivity index is 1.39. The lowest BCUT2D eigenvalue weighted by molar-refractivity contribution is -0.118. The van der Waals surface area contributed by atoms with Gasteiger partial charge in [-0.05, 0) is 64.3 Å². The monoisotopic (exact) mass is 439 g/mol. The predicted octanol–water partition coefficient (Wildman–Crippen LogP) is 4.67. The molecule has 1 unspecified atom stereocenters. The van der Waals surface area contributed by atoms with Crippen LogP contribution in [-0.4, -0.2) is 45.9 Å². The second-order valence-electron chi connectivity index (χ2n) is 8.72. The van der Waals surface area contributed by atoms with Crippen LogP contribution in [0.25, 0.3) is 0 Å². The number of thioether (sulfide) groups is 1. The van der Waals surface area contributed by atoms with Gasteiger partial charge in [-0.25, -0.2) is 9.97 Å². The fourth-order valence-corrected chi connectivity index (χ4v) is 5.94. The number of nitrogen functional groups attached to an aromatic ring is 1. The molecule has 1 fully saturated rings. The molecule has 2 N–H and O–H groups in total. The lowest BCUT2D eigenvalue weighted by Crippen LogP contribution is -2.44. The molecule has 0 spiro atoms. The van der Waals surface area contributed by atoms with Crippen LogP contribution >= 0.6 is 11.8 Å². The maximum absolute atomic E-state index is 13.4. The molecule has 1 aromatic carbocycles. The number of carbonyl (C=O) groups is 1. The molecule has 2 aromatic rings. The van der Waals surface area contributed by atoms with Crippen LogP contribution in [-0.2, 0) is 4.79 Å². The quantitative estimate of drug-likeness (QED) is 0.632. The van der Waals surface area contributed by atoms with Crippen LogP contribution < -0.4 is 10.6 Å². The maximum Gasteiger partial charge on any atom is 0.248 e. The number of aromatic nitrogens is 2. The molecule has 1 saturated heterocycles. The minimum Gasteiger partial charge on any atom is -0.384 e. The Kier molecular flexibility index (Phi) is 7.13. The van der Waals surface area contributed by atoms with Crippen LogP contribution in [0, 0.1) is 0 Å². The van der Waals surface area contributed by atoms with Crippen molar-refractivity contribution in [1.82, 2.24) is 14.9 Å². The molecule has 4 rings (SSSR count). The van der Waals surface area contributed by atoms with E-state index < -0.39 is 5.25 Å². The van der Waals surface area contributed by atoms with Crippen molar-refractivity contribution in [2.75, 3.05) is 23.7 Å². The average Bonchev–Trinajstić information content (AvgIpc) is 2.76. The summed E-state index contributed by atoms with van der Waals surface area (Å²) >= 11 is 1.52. The number of hydrogen-bond donors (Lipinski definition) is 1. The van der Waals surface area contributed by atoms with E-state index >= 15 is 0 Å². The first-order valence-corrected chi connectivity index (χ1v) is 12.3. The topological polar surface area (TPSA) is 75.3 Å². The summed E-state index contributed by atoms with van der Waals surface area (Å²) in [7, 11) is 0. The molecule has 2 aliphatic rings. The summed E-state index contributed by atoms with van der Waals surface area (Å²) in [6, 6.07) is 11.1. The number of hydrogen-bond acceptors (Lipinski definition) is 6. The highest BCUT2D eigenvalue weighted by Crippen LogP contribution is 2.45. The number of carbonyl (C=O) groups excluding carboxylic acids is 1. The highest BCUT2D eigenvalue weighted by molar-refractivity contribution is 8.00. The van der Waals surface area contributed by atoms with Gasteiger partial charge in [-0.15, -0.1) is 11.8 Å². The fraction of sp³-hybridized carbons (Fsp3) is 0.542. The number of anilines is 2. The van der Waals surface area contributed by atoms with Gasteiger partial charge in [0.05, 0.1) is 5.69 Å². The van der Waals surface area contributed by atoms with E-state index in [4.69, 9.17) is 5.73 Å². The highest BCUT2D eigenvalue weighted by Gasteiger charge is 2.36. The smallest absolute Gasteiger partial charge is 0.248 e. The van der Waals surface area contributed by atoms with E-state index in [1.807, 2.05) is 23.1 Å². The number of amides is 1. The number of para-hydroxylation sites is 1. The van der Waals surface area contributed by atoms with Crippen molar-refractivity contribution in [2.45, 2.75) is 74.6 Å². The first-order chi connectivity index (χ1) is 15.0. The third kappa shape index (κ3) is 5.04. The molecule has 0 radical (unpaired) electrons. The molecule has 0 aliphatic carbocycles. The summed E-state index contributed by atoms with van der Waals surface area (Å²) in [5.74, 6) is 0.931. The third-order valence-electron chi connectivity index (χ3n) is 6.50. The van der Waals surface area contributed by atoms with Gasteiger partial charge in [0.25, 0.3) is 0 Å². The van der Waals surface area contributed by atoms with Gasteiger partial charge in [0.1, 0.15) is 11.1 Å². The number of nitrogens with two attached hydrogens (primary N) is 1. The highest BCUT2D eigenvalue weighted by atomic mass is 32.2. The summed E-state index contributed by atoms with van der Waals surface area (Å²) in [6.45, 7) is 6.59. The van der Waals surface area contributed by atoms with Gasteiger partial charge in [0.2, 0.25) is 5.91 Å². The SMILES string of the molecule is C[C@@H]1CCC[C@H](C)N1CCCCCN1C(=O)C(c2nccc(N)n2)Sc2ccccc21. The summed E-state index contributed by atoms with van der Waals surface area (Å²) in [4.78, 5) is 27.7. The van der Waals surface area contributed by atoms with Gasteiger partial charge >= 0.3 is 0 Å². The molecular weight excluding hydrogens is 406 g/mol. The zero-order chi connectivity index (χ0) is 21.8. The molecule has 1 amide bonds. The van der Waals surface area contributed by atoms with Crippen molar-refractivity contribution in [3.05, 3.63) is 42.4 Å². The van der Waals surface area contributed by atoms with Gasteiger partial charge in [0, 0.05) is 29.7 Å². The van der Waals surface area contributed by atoms with Gasteiger partial charge in [-0.3, -0.25) is 9.69 Å².